The van der Waals surface area contributed by atoms with Crippen LogP contribution in [0.2, 0.25) is 5.02 Å². The summed E-state index contributed by atoms with van der Waals surface area (Å²) in [5, 5.41) is 1.16. The molecular formula is C25H24ClN3O3. The molecule has 0 unspecified atom stereocenters. The summed E-state index contributed by atoms with van der Waals surface area (Å²) in [6, 6.07) is 17.4. The smallest absolute Gasteiger partial charge is 0.331 e. The Labute approximate surface area is 190 Å². The van der Waals surface area contributed by atoms with E-state index in [1.165, 1.54) is 11.6 Å². The molecule has 7 heteroatoms. The van der Waals surface area contributed by atoms with Gasteiger partial charge in [0.2, 0.25) is 0 Å². The SMILES string of the molecule is Cn1c(=O)c2c(-c3ccccc3)n3c(c2n(C)c1=O)[C@H](c1ccc(Cl)cc1)OCC3(C)C. The molecule has 4 aromatic rings. The van der Waals surface area contributed by atoms with Gasteiger partial charge in [-0.1, -0.05) is 54.1 Å². The zero-order valence-corrected chi connectivity index (χ0v) is 19.2. The molecule has 0 spiro atoms. The maximum absolute atomic E-state index is 13.5. The summed E-state index contributed by atoms with van der Waals surface area (Å²) in [6.45, 7) is 4.62. The van der Waals surface area contributed by atoms with E-state index in [-0.39, 0.29) is 11.2 Å². The second-order valence-electron chi connectivity index (χ2n) is 8.92. The van der Waals surface area contributed by atoms with E-state index in [0.717, 1.165) is 22.5 Å². The van der Waals surface area contributed by atoms with E-state index in [9.17, 15) is 9.59 Å². The number of ether oxygens (including phenoxy) is 1. The lowest BCUT2D eigenvalue weighted by Crippen LogP contribution is -2.40. The van der Waals surface area contributed by atoms with Gasteiger partial charge in [-0.2, -0.15) is 0 Å². The Morgan fingerprint density at radius 2 is 1.62 bits per heavy atom. The van der Waals surface area contributed by atoms with Crippen molar-refractivity contribution in [2.75, 3.05) is 6.61 Å². The topological polar surface area (TPSA) is 58.2 Å². The molecule has 2 aromatic carbocycles. The van der Waals surface area contributed by atoms with Gasteiger partial charge in [0.1, 0.15) is 6.10 Å². The van der Waals surface area contributed by atoms with Gasteiger partial charge in [0.05, 0.1) is 34.4 Å². The van der Waals surface area contributed by atoms with Crippen molar-refractivity contribution in [3.8, 4) is 11.3 Å². The van der Waals surface area contributed by atoms with Crippen molar-refractivity contribution >= 4 is 22.5 Å². The highest BCUT2D eigenvalue weighted by Crippen LogP contribution is 2.45. The minimum absolute atomic E-state index is 0.311. The van der Waals surface area contributed by atoms with E-state index in [4.69, 9.17) is 16.3 Å². The van der Waals surface area contributed by atoms with Crippen molar-refractivity contribution in [2.24, 2.45) is 14.1 Å². The molecule has 0 saturated heterocycles. The molecule has 32 heavy (non-hydrogen) atoms. The molecule has 2 aromatic heterocycles. The van der Waals surface area contributed by atoms with Gasteiger partial charge in [-0.25, -0.2) is 4.79 Å². The van der Waals surface area contributed by atoms with Gasteiger partial charge in [-0.05, 0) is 37.1 Å². The standard InChI is InChI=1S/C25H24ClN3O3/c1-25(2)14-32-22(16-10-12-17(26)13-11-16)21-20-18(23(30)28(4)24(31)27(20)3)19(29(21)25)15-8-6-5-7-9-15/h5-13,22H,14H2,1-4H3/t22-/m0/s1. The van der Waals surface area contributed by atoms with Crippen LogP contribution in [-0.4, -0.2) is 20.3 Å². The molecule has 0 amide bonds. The second-order valence-corrected chi connectivity index (χ2v) is 9.36. The van der Waals surface area contributed by atoms with Gasteiger partial charge in [0.15, 0.2) is 0 Å². The van der Waals surface area contributed by atoms with Crippen LogP contribution in [0.5, 0.6) is 0 Å². The highest BCUT2D eigenvalue weighted by molar-refractivity contribution is 6.30. The van der Waals surface area contributed by atoms with Gasteiger partial charge < -0.3 is 9.30 Å². The molecule has 0 bridgehead atoms. The Balaban J connectivity index is 2.01. The van der Waals surface area contributed by atoms with Crippen molar-refractivity contribution in [2.45, 2.75) is 25.5 Å². The number of aromatic nitrogens is 3. The van der Waals surface area contributed by atoms with Crippen LogP contribution in [0.15, 0.2) is 64.2 Å². The number of hydrogen-bond donors (Lipinski definition) is 0. The predicted octanol–water partition coefficient (Wildman–Crippen LogP) is 4.21. The molecule has 1 aliphatic rings. The summed E-state index contributed by atoms with van der Waals surface area (Å²) < 4.78 is 11.3. The number of fused-ring (bicyclic) bond motifs is 3. The fraction of sp³-hybridized carbons (Fsp3) is 0.280. The van der Waals surface area contributed by atoms with Crippen LogP contribution in [0, 0.1) is 0 Å². The number of halogens is 1. The van der Waals surface area contributed by atoms with Crippen molar-refractivity contribution in [3.63, 3.8) is 0 Å². The molecule has 1 atom stereocenters. The van der Waals surface area contributed by atoms with Gasteiger partial charge >= 0.3 is 5.69 Å². The minimum Gasteiger partial charge on any atom is -0.365 e. The van der Waals surface area contributed by atoms with E-state index in [2.05, 4.69) is 18.4 Å². The van der Waals surface area contributed by atoms with Gasteiger partial charge in [-0.3, -0.25) is 13.9 Å². The largest absolute Gasteiger partial charge is 0.365 e. The highest BCUT2D eigenvalue weighted by atomic mass is 35.5. The maximum atomic E-state index is 13.5. The molecule has 0 aliphatic carbocycles. The van der Waals surface area contributed by atoms with E-state index in [1.54, 1.807) is 11.6 Å². The highest BCUT2D eigenvalue weighted by Gasteiger charge is 2.40. The normalized spacial score (nSPS) is 17.5. The summed E-state index contributed by atoms with van der Waals surface area (Å²) in [5.41, 5.74) is 2.92. The summed E-state index contributed by atoms with van der Waals surface area (Å²) in [7, 11) is 3.23. The minimum atomic E-state index is -0.446. The summed E-state index contributed by atoms with van der Waals surface area (Å²) in [6.07, 6.45) is -0.446. The molecule has 6 nitrogen and oxygen atoms in total. The Morgan fingerprint density at radius 3 is 2.28 bits per heavy atom. The van der Waals surface area contributed by atoms with Gasteiger partial charge in [-0.15, -0.1) is 0 Å². The predicted molar refractivity (Wildman–Crippen MR) is 126 cm³/mol. The molecule has 164 valence electrons. The zero-order valence-electron chi connectivity index (χ0n) is 18.4. The van der Waals surface area contributed by atoms with Crippen LogP contribution in [0.1, 0.15) is 31.2 Å². The molecule has 0 fully saturated rings. The monoisotopic (exact) mass is 449 g/mol. The fourth-order valence-corrected chi connectivity index (χ4v) is 4.88. The lowest BCUT2D eigenvalue weighted by molar-refractivity contribution is -0.00707. The average Bonchev–Trinajstić information content (AvgIpc) is 3.15. The first-order valence-corrected chi connectivity index (χ1v) is 10.9. The van der Waals surface area contributed by atoms with E-state index < -0.39 is 11.6 Å². The van der Waals surface area contributed by atoms with Crippen LogP contribution in [-0.2, 0) is 24.4 Å². The Hall–Kier alpha value is -3.09. The average molecular weight is 450 g/mol. The van der Waals surface area contributed by atoms with Crippen LogP contribution < -0.4 is 11.2 Å². The molecule has 5 rings (SSSR count). The van der Waals surface area contributed by atoms with Gasteiger partial charge in [0, 0.05) is 19.1 Å². The Bertz CT molecular complexity index is 1460. The first-order chi connectivity index (χ1) is 15.2. The van der Waals surface area contributed by atoms with E-state index >= 15 is 0 Å². The molecular weight excluding hydrogens is 426 g/mol. The zero-order chi connectivity index (χ0) is 22.8. The Morgan fingerprint density at radius 1 is 0.969 bits per heavy atom. The summed E-state index contributed by atoms with van der Waals surface area (Å²) >= 11 is 6.12. The third-order valence-electron chi connectivity index (χ3n) is 6.29. The molecule has 0 radical (unpaired) electrons. The third kappa shape index (κ3) is 2.90. The third-order valence-corrected chi connectivity index (χ3v) is 6.54. The fourth-order valence-electron chi connectivity index (χ4n) is 4.76. The quantitative estimate of drug-likeness (QED) is 0.460. The lowest BCUT2D eigenvalue weighted by atomic mass is 9.98. The van der Waals surface area contributed by atoms with Crippen molar-refractivity contribution in [1.29, 1.82) is 0 Å². The van der Waals surface area contributed by atoms with E-state index in [0.29, 0.717) is 22.5 Å². The molecule has 0 saturated carbocycles. The van der Waals surface area contributed by atoms with Crippen molar-refractivity contribution < 1.29 is 4.74 Å². The van der Waals surface area contributed by atoms with Crippen LogP contribution >= 0.6 is 11.6 Å². The van der Waals surface area contributed by atoms with Crippen LogP contribution in [0.4, 0.5) is 0 Å². The number of hydrogen-bond acceptors (Lipinski definition) is 3. The second kappa shape index (κ2) is 7.22. The van der Waals surface area contributed by atoms with Crippen LogP contribution in [0.25, 0.3) is 22.2 Å². The maximum Gasteiger partial charge on any atom is 0.331 e. The summed E-state index contributed by atoms with van der Waals surface area (Å²) in [5.74, 6) is 0. The van der Waals surface area contributed by atoms with Crippen molar-refractivity contribution in [3.05, 3.63) is 91.7 Å². The number of rotatable bonds is 2. The van der Waals surface area contributed by atoms with Crippen molar-refractivity contribution in [1.82, 2.24) is 13.7 Å². The lowest BCUT2D eigenvalue weighted by Gasteiger charge is -2.39. The first kappa shape index (κ1) is 20.8. The van der Waals surface area contributed by atoms with E-state index in [1.807, 2.05) is 54.6 Å². The first-order valence-electron chi connectivity index (χ1n) is 10.5. The number of nitrogens with zero attached hydrogens (tertiary/aromatic N) is 3. The number of benzene rings is 2. The van der Waals surface area contributed by atoms with Gasteiger partial charge in [0.25, 0.3) is 5.56 Å². The molecule has 1 aliphatic heterocycles. The molecule has 3 heterocycles. The summed E-state index contributed by atoms with van der Waals surface area (Å²) in [4.78, 5) is 26.4. The number of aryl methyl sites for hydroxylation is 1. The van der Waals surface area contributed by atoms with Crippen LogP contribution in [0.3, 0.4) is 0 Å². The Kier molecular flexibility index (Phi) is 4.69. The molecule has 0 N–H and O–H groups in total.